The van der Waals surface area contributed by atoms with Gasteiger partial charge in [-0.1, -0.05) is 75.4 Å². The minimum absolute atomic E-state index is 0.223. The second kappa shape index (κ2) is 9.66. The lowest BCUT2D eigenvalue weighted by Crippen LogP contribution is -2.41. The summed E-state index contributed by atoms with van der Waals surface area (Å²) in [6.07, 6.45) is 8.87. The average Bonchev–Trinajstić information content (AvgIpc) is 2.93. The number of rotatable bonds is 9. The van der Waals surface area contributed by atoms with E-state index in [0.29, 0.717) is 5.56 Å². The number of aryl methyl sites for hydroxylation is 1. The number of halogens is 1. The topological polar surface area (TPSA) is 18.5 Å². The Balaban J connectivity index is 1.67. The molecule has 1 fully saturated rings. The van der Waals surface area contributed by atoms with Crippen molar-refractivity contribution in [1.82, 2.24) is 0 Å². The second-order valence-electron chi connectivity index (χ2n) is 9.54. The maximum absolute atomic E-state index is 14.6. The molecule has 0 atom stereocenters. The van der Waals surface area contributed by atoms with Gasteiger partial charge < -0.3 is 9.31 Å². The zero-order chi connectivity index (χ0) is 21.8. The molecule has 1 aliphatic heterocycles. The molecule has 2 aromatic rings. The highest BCUT2D eigenvalue weighted by Gasteiger charge is 2.51. The molecule has 0 aliphatic carbocycles. The van der Waals surface area contributed by atoms with Crippen molar-refractivity contribution in [3.63, 3.8) is 0 Å². The van der Waals surface area contributed by atoms with E-state index in [1.165, 1.54) is 50.2 Å². The number of hydrogen-bond donors (Lipinski definition) is 0. The number of benzene rings is 2. The third-order valence-corrected chi connectivity index (χ3v) is 6.60. The van der Waals surface area contributed by atoms with Crippen LogP contribution in [0, 0.1) is 5.82 Å². The maximum Gasteiger partial charge on any atom is 0.494 e. The normalized spacial score (nSPS) is 17.5. The Morgan fingerprint density at radius 3 is 2.03 bits per heavy atom. The Labute approximate surface area is 182 Å². The molecule has 0 saturated carbocycles. The zero-order valence-electron chi connectivity index (χ0n) is 19.3. The maximum atomic E-state index is 14.6. The van der Waals surface area contributed by atoms with Crippen LogP contribution in [0.3, 0.4) is 0 Å². The van der Waals surface area contributed by atoms with Crippen LogP contribution in [0.1, 0.15) is 78.7 Å². The minimum Gasteiger partial charge on any atom is -0.399 e. The van der Waals surface area contributed by atoms with Crippen molar-refractivity contribution in [3.05, 3.63) is 53.8 Å². The molecule has 1 saturated heterocycles. The van der Waals surface area contributed by atoms with Crippen LogP contribution in [-0.2, 0) is 15.7 Å². The lowest BCUT2D eigenvalue weighted by atomic mass is 9.78. The van der Waals surface area contributed by atoms with Crippen LogP contribution in [0.25, 0.3) is 11.1 Å². The van der Waals surface area contributed by atoms with Crippen LogP contribution in [-0.4, -0.2) is 18.3 Å². The summed E-state index contributed by atoms with van der Waals surface area (Å²) in [4.78, 5) is 0. The highest BCUT2D eigenvalue weighted by Crippen LogP contribution is 2.36. The fraction of sp³-hybridized carbons (Fsp3) is 0.538. The molecule has 4 heteroatoms. The molecule has 3 rings (SSSR count). The molecule has 0 N–H and O–H groups in total. The molecule has 0 spiro atoms. The number of hydrogen-bond acceptors (Lipinski definition) is 2. The molecule has 0 radical (unpaired) electrons. The molecule has 2 nitrogen and oxygen atoms in total. The summed E-state index contributed by atoms with van der Waals surface area (Å²) in [5.41, 5.74) is 2.82. The molecule has 2 aromatic carbocycles. The Kier molecular flexibility index (Phi) is 7.41. The molecular weight excluding hydrogens is 374 g/mol. The molecule has 162 valence electrons. The summed E-state index contributed by atoms with van der Waals surface area (Å²) in [6.45, 7) is 10.4. The van der Waals surface area contributed by atoms with Crippen LogP contribution in [0.15, 0.2) is 42.5 Å². The van der Waals surface area contributed by atoms with E-state index in [1.54, 1.807) is 6.07 Å². The molecule has 1 heterocycles. The second-order valence-corrected chi connectivity index (χ2v) is 9.54. The van der Waals surface area contributed by atoms with E-state index in [2.05, 4.69) is 19.1 Å². The summed E-state index contributed by atoms with van der Waals surface area (Å²) in [5, 5.41) is 0. The van der Waals surface area contributed by atoms with Crippen LogP contribution in [0.2, 0.25) is 0 Å². The summed E-state index contributed by atoms with van der Waals surface area (Å²) >= 11 is 0. The molecule has 0 bridgehead atoms. The van der Waals surface area contributed by atoms with Gasteiger partial charge in [-0.2, -0.15) is 0 Å². The van der Waals surface area contributed by atoms with Crippen molar-refractivity contribution < 1.29 is 13.7 Å². The fourth-order valence-electron chi connectivity index (χ4n) is 3.85. The van der Waals surface area contributed by atoms with Gasteiger partial charge in [0.1, 0.15) is 5.82 Å². The quantitative estimate of drug-likeness (QED) is 0.339. The fourth-order valence-corrected chi connectivity index (χ4v) is 3.85. The lowest BCUT2D eigenvalue weighted by Gasteiger charge is -2.32. The standard InChI is InChI=1S/C26H36BFO2/c1-6-7-8-9-10-11-12-20-13-15-21(16-14-20)23-19-22(17-18-24(23)28)27-29-25(2,3)26(4,5)30-27/h13-19H,6-12H2,1-5H3. The first-order valence-electron chi connectivity index (χ1n) is 11.5. The van der Waals surface area contributed by atoms with Gasteiger partial charge in [0.15, 0.2) is 0 Å². The first kappa shape index (κ1) is 23.0. The van der Waals surface area contributed by atoms with E-state index in [1.807, 2.05) is 45.9 Å². The highest BCUT2D eigenvalue weighted by atomic mass is 19.1. The van der Waals surface area contributed by atoms with Crippen molar-refractivity contribution in [2.75, 3.05) is 0 Å². The average molecular weight is 410 g/mol. The van der Waals surface area contributed by atoms with Gasteiger partial charge in [-0.05, 0) is 63.2 Å². The highest BCUT2D eigenvalue weighted by molar-refractivity contribution is 6.62. The zero-order valence-corrected chi connectivity index (χ0v) is 19.3. The molecule has 0 aromatic heterocycles. The monoisotopic (exact) mass is 410 g/mol. The summed E-state index contributed by atoms with van der Waals surface area (Å²) in [5.74, 6) is -0.223. The Morgan fingerprint density at radius 1 is 0.800 bits per heavy atom. The molecule has 30 heavy (non-hydrogen) atoms. The van der Waals surface area contributed by atoms with Gasteiger partial charge in [-0.15, -0.1) is 0 Å². The molecule has 0 amide bonds. The molecule has 0 unspecified atom stereocenters. The van der Waals surface area contributed by atoms with Crippen LogP contribution in [0.4, 0.5) is 4.39 Å². The summed E-state index contributed by atoms with van der Waals surface area (Å²) in [6, 6.07) is 13.4. The van der Waals surface area contributed by atoms with E-state index >= 15 is 0 Å². The van der Waals surface area contributed by atoms with E-state index in [9.17, 15) is 4.39 Å². The first-order valence-corrected chi connectivity index (χ1v) is 11.5. The molecule has 1 aliphatic rings. The predicted octanol–water partition coefficient (Wildman–Crippen LogP) is 6.69. The Hall–Kier alpha value is -1.65. The predicted molar refractivity (Wildman–Crippen MR) is 125 cm³/mol. The Bertz CT molecular complexity index is 813. The van der Waals surface area contributed by atoms with E-state index in [0.717, 1.165) is 17.4 Å². The SMILES string of the molecule is CCCCCCCCc1ccc(-c2cc(B3OC(C)(C)C(C)(C)O3)ccc2F)cc1. The van der Waals surface area contributed by atoms with E-state index in [-0.39, 0.29) is 5.82 Å². The van der Waals surface area contributed by atoms with Crippen LogP contribution in [0.5, 0.6) is 0 Å². The largest absolute Gasteiger partial charge is 0.494 e. The van der Waals surface area contributed by atoms with Crippen molar-refractivity contribution in [2.24, 2.45) is 0 Å². The lowest BCUT2D eigenvalue weighted by molar-refractivity contribution is 0.00578. The van der Waals surface area contributed by atoms with Crippen molar-refractivity contribution in [3.8, 4) is 11.1 Å². The van der Waals surface area contributed by atoms with Gasteiger partial charge in [0.05, 0.1) is 11.2 Å². The summed E-state index contributed by atoms with van der Waals surface area (Å²) < 4.78 is 26.9. The third-order valence-electron chi connectivity index (χ3n) is 6.60. The van der Waals surface area contributed by atoms with Crippen LogP contribution >= 0.6 is 0 Å². The van der Waals surface area contributed by atoms with Gasteiger partial charge in [-0.3, -0.25) is 0 Å². The van der Waals surface area contributed by atoms with Crippen molar-refractivity contribution in [2.45, 2.75) is 90.8 Å². The molecular formula is C26H36BFO2. The third kappa shape index (κ3) is 5.33. The Morgan fingerprint density at radius 2 is 1.40 bits per heavy atom. The summed E-state index contributed by atoms with van der Waals surface area (Å²) in [7, 11) is -0.485. The van der Waals surface area contributed by atoms with E-state index in [4.69, 9.17) is 9.31 Å². The van der Waals surface area contributed by atoms with Crippen molar-refractivity contribution in [1.29, 1.82) is 0 Å². The van der Waals surface area contributed by atoms with E-state index < -0.39 is 18.3 Å². The smallest absolute Gasteiger partial charge is 0.399 e. The van der Waals surface area contributed by atoms with Gasteiger partial charge >= 0.3 is 7.12 Å². The van der Waals surface area contributed by atoms with Gasteiger partial charge in [0.25, 0.3) is 0 Å². The van der Waals surface area contributed by atoms with Gasteiger partial charge in [0.2, 0.25) is 0 Å². The van der Waals surface area contributed by atoms with Gasteiger partial charge in [0, 0.05) is 5.56 Å². The van der Waals surface area contributed by atoms with Gasteiger partial charge in [-0.25, -0.2) is 4.39 Å². The minimum atomic E-state index is -0.485. The first-order chi connectivity index (χ1) is 14.2. The van der Waals surface area contributed by atoms with Crippen LogP contribution < -0.4 is 5.46 Å². The van der Waals surface area contributed by atoms with Crippen molar-refractivity contribution >= 4 is 12.6 Å². The number of unbranched alkanes of at least 4 members (excludes halogenated alkanes) is 5.